The molecule has 0 spiro atoms. The molecule has 10 nitrogen and oxygen atoms in total. The van der Waals surface area contributed by atoms with Crippen LogP contribution in [0, 0.1) is 0 Å². The van der Waals surface area contributed by atoms with Crippen molar-refractivity contribution in [2.75, 3.05) is 0 Å². The number of aliphatic carboxylic acids is 3. The predicted molar refractivity (Wildman–Crippen MR) is 67.3 cm³/mol. The second kappa shape index (κ2) is 13.1. The van der Waals surface area contributed by atoms with Gasteiger partial charge in [0.1, 0.15) is 0 Å². The van der Waals surface area contributed by atoms with Gasteiger partial charge in [0.2, 0.25) is 0 Å². The molecule has 0 aliphatic heterocycles. The topological polar surface area (TPSA) is 195 Å². The number of carbonyl (C=O) groups excluding carboxylic acids is 1. The van der Waals surface area contributed by atoms with Crippen LogP contribution in [0.2, 0.25) is 0 Å². The summed E-state index contributed by atoms with van der Waals surface area (Å²) >= 11 is 0. The second-order valence-corrected chi connectivity index (χ2v) is 4.26. The first-order chi connectivity index (χ1) is 10.5. The SMILES string of the molecule is O=C(O)c1ccccc1[O-].O=C([O-])CC(O)(CC(=O)O)C(=O)O.[Na+].[Na+]. The smallest absolute Gasteiger partial charge is 0.872 e. The minimum absolute atomic E-state index is 0. The van der Waals surface area contributed by atoms with Crippen LogP contribution in [0.4, 0.5) is 0 Å². The van der Waals surface area contributed by atoms with Gasteiger partial charge in [-0.25, -0.2) is 9.59 Å². The quantitative estimate of drug-likeness (QED) is 0.347. The Bertz CT molecular complexity index is 601. The first-order valence-electron chi connectivity index (χ1n) is 5.86. The standard InChI is InChI=1S/C7H6O3.C6H8O7.2Na/c8-6-4-2-1-3-5(6)7(9)10;7-3(8)1-6(13,5(11)12)2-4(9)10;;/h1-4,8H,(H,9,10);13H,1-2H2,(H,7,8)(H,9,10)(H,11,12);;/q;;2*+1/p-2. The summed E-state index contributed by atoms with van der Waals surface area (Å²) in [7, 11) is 0. The summed E-state index contributed by atoms with van der Waals surface area (Å²) in [6.45, 7) is 0. The fraction of sp³-hybridized carbons (Fsp3) is 0.231. The van der Waals surface area contributed by atoms with Crippen LogP contribution in [-0.2, 0) is 14.4 Å². The van der Waals surface area contributed by atoms with E-state index in [4.69, 9.17) is 20.4 Å². The molecule has 4 N–H and O–H groups in total. The second-order valence-electron chi connectivity index (χ2n) is 4.26. The van der Waals surface area contributed by atoms with Crippen molar-refractivity contribution in [2.24, 2.45) is 0 Å². The van der Waals surface area contributed by atoms with E-state index < -0.39 is 48.1 Å². The number of carbonyl (C=O) groups is 4. The zero-order valence-corrected chi connectivity index (χ0v) is 17.5. The maximum Gasteiger partial charge on any atom is 1.00 e. The summed E-state index contributed by atoms with van der Waals surface area (Å²) in [4.78, 5) is 40.5. The minimum atomic E-state index is -2.80. The van der Waals surface area contributed by atoms with Gasteiger partial charge < -0.3 is 35.4 Å². The van der Waals surface area contributed by atoms with E-state index in [0.29, 0.717) is 0 Å². The van der Waals surface area contributed by atoms with Gasteiger partial charge in [-0.2, -0.15) is 0 Å². The predicted octanol–water partition coefficient (Wildman–Crippen LogP) is -8.12. The Morgan fingerprint density at radius 3 is 1.72 bits per heavy atom. The molecule has 1 unspecified atom stereocenters. The van der Waals surface area contributed by atoms with Gasteiger partial charge in [-0.1, -0.05) is 23.9 Å². The van der Waals surface area contributed by atoms with Gasteiger partial charge in [-0.15, -0.1) is 0 Å². The molecule has 1 atom stereocenters. The Hall–Kier alpha value is -1.14. The average molecular weight is 374 g/mol. The molecule has 12 heteroatoms. The summed E-state index contributed by atoms with van der Waals surface area (Å²) in [5, 5.41) is 54.5. The van der Waals surface area contributed by atoms with E-state index in [-0.39, 0.29) is 64.7 Å². The van der Waals surface area contributed by atoms with E-state index in [0.717, 1.165) is 0 Å². The zero-order valence-electron chi connectivity index (χ0n) is 13.5. The number of carboxylic acids is 4. The number of hydrogen-bond donors (Lipinski definition) is 4. The van der Waals surface area contributed by atoms with Crippen molar-refractivity contribution in [3.8, 4) is 5.75 Å². The number of hydrogen-bond acceptors (Lipinski definition) is 7. The largest absolute Gasteiger partial charge is 1.00 e. The molecule has 0 saturated carbocycles. The normalized spacial score (nSPS) is 11.2. The summed E-state index contributed by atoms with van der Waals surface area (Å²) < 4.78 is 0. The summed E-state index contributed by atoms with van der Waals surface area (Å²) in [5.41, 5.74) is -2.98. The van der Waals surface area contributed by atoms with Gasteiger partial charge in [0.15, 0.2) is 5.60 Å². The fourth-order valence-corrected chi connectivity index (χ4v) is 1.35. The molecule has 25 heavy (non-hydrogen) atoms. The van der Waals surface area contributed by atoms with E-state index in [1.807, 2.05) is 0 Å². The Morgan fingerprint density at radius 1 is 0.960 bits per heavy atom. The Morgan fingerprint density at radius 2 is 1.44 bits per heavy atom. The van der Waals surface area contributed by atoms with Crippen molar-refractivity contribution >= 4 is 23.9 Å². The van der Waals surface area contributed by atoms with Crippen molar-refractivity contribution in [3.63, 3.8) is 0 Å². The summed E-state index contributed by atoms with van der Waals surface area (Å²) in [5.74, 6) is -6.96. The van der Waals surface area contributed by atoms with Crippen LogP contribution in [-0.4, -0.2) is 49.9 Å². The molecule has 126 valence electrons. The Balaban J connectivity index is -0.000000367. The molecular weight excluding hydrogens is 362 g/mol. The molecule has 0 heterocycles. The van der Waals surface area contributed by atoms with Crippen molar-refractivity contribution in [3.05, 3.63) is 29.8 Å². The average Bonchev–Trinajstić information content (AvgIpc) is 2.37. The molecule has 1 aromatic rings. The van der Waals surface area contributed by atoms with Gasteiger partial charge in [-0.05, 0) is 6.07 Å². The first-order valence-corrected chi connectivity index (χ1v) is 5.86. The molecule has 0 aromatic heterocycles. The Kier molecular flexibility index (Phi) is 15.0. The molecule has 0 amide bonds. The van der Waals surface area contributed by atoms with Crippen molar-refractivity contribution < 1.29 is 109 Å². The molecule has 0 bridgehead atoms. The number of para-hydroxylation sites is 1. The summed E-state index contributed by atoms with van der Waals surface area (Å²) in [6, 6.07) is 5.54. The molecular formula is C13H12Na2O10. The minimum Gasteiger partial charge on any atom is -0.872 e. The molecule has 0 aliphatic carbocycles. The van der Waals surface area contributed by atoms with Crippen LogP contribution in [0.1, 0.15) is 23.2 Å². The van der Waals surface area contributed by atoms with Crippen LogP contribution < -0.4 is 69.3 Å². The maximum atomic E-state index is 10.7. The van der Waals surface area contributed by atoms with E-state index in [9.17, 15) is 29.4 Å². The number of aliphatic hydroxyl groups is 1. The van der Waals surface area contributed by atoms with Crippen LogP contribution >= 0.6 is 0 Å². The van der Waals surface area contributed by atoms with Gasteiger partial charge >= 0.3 is 77.0 Å². The molecule has 0 aliphatic rings. The number of rotatable bonds is 6. The third-order valence-corrected chi connectivity index (χ3v) is 2.40. The first kappa shape index (κ1) is 28.7. The maximum absolute atomic E-state index is 10.7. The fourth-order valence-electron chi connectivity index (χ4n) is 1.35. The molecule has 1 rings (SSSR count). The van der Waals surface area contributed by atoms with Gasteiger partial charge in [0.25, 0.3) is 0 Å². The van der Waals surface area contributed by atoms with E-state index in [1.54, 1.807) is 0 Å². The monoisotopic (exact) mass is 374 g/mol. The third kappa shape index (κ3) is 11.2. The van der Waals surface area contributed by atoms with Crippen LogP contribution in [0.15, 0.2) is 24.3 Å². The van der Waals surface area contributed by atoms with E-state index in [2.05, 4.69) is 0 Å². The summed E-state index contributed by atoms with van der Waals surface area (Å²) in [6.07, 6.45) is -2.44. The number of aromatic carboxylic acids is 1. The molecule has 0 radical (unpaired) electrons. The van der Waals surface area contributed by atoms with Crippen LogP contribution in [0.25, 0.3) is 0 Å². The van der Waals surface area contributed by atoms with Gasteiger partial charge in [0, 0.05) is 12.4 Å². The van der Waals surface area contributed by atoms with Crippen molar-refractivity contribution in [1.29, 1.82) is 0 Å². The van der Waals surface area contributed by atoms with Crippen molar-refractivity contribution in [2.45, 2.75) is 18.4 Å². The van der Waals surface area contributed by atoms with E-state index >= 15 is 0 Å². The molecule has 0 saturated heterocycles. The van der Waals surface area contributed by atoms with Gasteiger partial charge in [0.05, 0.1) is 12.0 Å². The van der Waals surface area contributed by atoms with Crippen molar-refractivity contribution in [1.82, 2.24) is 0 Å². The number of benzene rings is 1. The van der Waals surface area contributed by atoms with Gasteiger partial charge in [-0.3, -0.25) is 4.79 Å². The third-order valence-electron chi connectivity index (χ3n) is 2.40. The Labute approximate surface area is 185 Å². The van der Waals surface area contributed by atoms with E-state index in [1.165, 1.54) is 24.3 Å². The zero-order chi connectivity index (χ0) is 18.2. The number of carboxylic acid groups (broad SMARTS) is 4. The van der Waals surface area contributed by atoms with Crippen LogP contribution in [0.5, 0.6) is 5.75 Å². The molecule has 0 fully saturated rings. The van der Waals surface area contributed by atoms with Crippen LogP contribution in [0.3, 0.4) is 0 Å². The molecule has 1 aromatic carbocycles.